The third kappa shape index (κ3) is 4.44. The van der Waals surface area contributed by atoms with Gasteiger partial charge < -0.3 is 14.5 Å². The zero-order chi connectivity index (χ0) is 22.3. The van der Waals surface area contributed by atoms with Crippen LogP contribution in [0.5, 0.6) is 0 Å². The van der Waals surface area contributed by atoms with E-state index in [0.717, 1.165) is 44.9 Å². The number of hydrogen-bond acceptors (Lipinski definition) is 5. The van der Waals surface area contributed by atoms with Gasteiger partial charge in [0.15, 0.2) is 0 Å². The minimum atomic E-state index is -1.09. The first-order chi connectivity index (χ1) is 15.4. The van der Waals surface area contributed by atoms with Crippen LogP contribution in [0.4, 0.5) is 5.69 Å². The molecule has 3 heterocycles. The van der Waals surface area contributed by atoms with Gasteiger partial charge in [-0.2, -0.15) is 5.10 Å². The summed E-state index contributed by atoms with van der Waals surface area (Å²) in [6.07, 6.45) is 0.979. The van der Waals surface area contributed by atoms with Crippen LogP contribution in [0.3, 0.4) is 0 Å². The molecule has 0 unspecified atom stereocenters. The Hall–Kier alpha value is -1.93. The first kappa shape index (κ1) is 21.9. The number of benzene rings is 1. The van der Waals surface area contributed by atoms with E-state index in [1.165, 1.54) is 39.0 Å². The smallest absolute Gasteiger partial charge is 0.140 e. The maximum absolute atomic E-state index is 6.10. The third-order valence-electron chi connectivity index (χ3n) is 6.61. The van der Waals surface area contributed by atoms with Gasteiger partial charge in [0.25, 0.3) is 0 Å². The maximum Gasteiger partial charge on any atom is 0.140 e. The molecule has 2 aliphatic rings. The zero-order valence-corrected chi connectivity index (χ0v) is 21.5. The quantitative estimate of drug-likeness (QED) is 0.275. The number of likely N-dealkylation sites (N-methyl/N-ethyl adjacent to an activating group) is 1. The predicted molar refractivity (Wildman–Crippen MR) is 138 cm³/mol. The Morgan fingerprint density at radius 2 is 1.78 bits per heavy atom. The van der Waals surface area contributed by atoms with Gasteiger partial charge in [-0.15, -0.1) is 11.3 Å². The zero-order valence-electron chi connectivity index (χ0n) is 19.7. The normalized spacial score (nSPS) is 16.4. The molecule has 0 amide bonds. The summed E-state index contributed by atoms with van der Waals surface area (Å²) in [6.45, 7) is 13.0. The Kier molecular flexibility index (Phi) is 6.01. The van der Waals surface area contributed by atoms with Gasteiger partial charge in [-0.1, -0.05) is 31.8 Å². The minimum absolute atomic E-state index is 0.529. The summed E-state index contributed by atoms with van der Waals surface area (Å²) in [7, 11) is 1.11. The summed E-state index contributed by atoms with van der Waals surface area (Å²) in [6, 6.07) is 12.5. The number of nitrogens with zero attached hydrogens (tertiary/aromatic N) is 4. The molecule has 0 radical (unpaired) electrons. The van der Waals surface area contributed by atoms with Gasteiger partial charge in [0, 0.05) is 74.5 Å². The first-order valence-electron chi connectivity index (χ1n) is 11.7. The van der Waals surface area contributed by atoms with Crippen LogP contribution in [0.15, 0.2) is 35.7 Å². The number of rotatable bonds is 7. The number of aromatic nitrogens is 2. The highest BCUT2D eigenvalue weighted by Gasteiger charge is 2.29. The lowest BCUT2D eigenvalue weighted by Gasteiger charge is -2.34. The maximum atomic E-state index is 6.10. The molecular formula is C25H34N4OSSi. The van der Waals surface area contributed by atoms with E-state index in [1.54, 1.807) is 0 Å². The molecule has 0 atom stereocenters. The van der Waals surface area contributed by atoms with E-state index in [2.05, 4.69) is 76.9 Å². The topological polar surface area (TPSA) is 33.5 Å². The summed E-state index contributed by atoms with van der Waals surface area (Å²) in [4.78, 5) is 6.32. The minimum Gasteiger partial charge on any atom is -0.369 e. The second-order valence-corrected chi connectivity index (χ2v) is 16.9. The Morgan fingerprint density at radius 3 is 2.50 bits per heavy atom. The number of ether oxygens (including phenoxy) is 1. The standard InChI is InChI=1S/C25H34N4OSSi/c1-27-10-12-28(13-11-27)20-7-5-19(6-8-20)24-22-17-23-21(9-15-31-23)25(22)29(26-24)18-30-14-16-32(2,3)4/h5-9,15H,10-14,16-18H2,1-4H3. The van der Waals surface area contributed by atoms with Gasteiger partial charge in [-0.05, 0) is 36.7 Å². The van der Waals surface area contributed by atoms with Crippen molar-refractivity contribution in [2.45, 2.75) is 38.8 Å². The van der Waals surface area contributed by atoms with Crippen molar-refractivity contribution in [3.8, 4) is 22.5 Å². The van der Waals surface area contributed by atoms with Crippen molar-refractivity contribution in [2.75, 3.05) is 44.7 Å². The van der Waals surface area contributed by atoms with Gasteiger partial charge >= 0.3 is 0 Å². The molecule has 0 N–H and O–H groups in total. The summed E-state index contributed by atoms with van der Waals surface area (Å²) in [5.41, 5.74) is 7.58. The van der Waals surface area contributed by atoms with E-state index >= 15 is 0 Å². The number of anilines is 1. The van der Waals surface area contributed by atoms with Crippen LogP contribution in [0, 0.1) is 0 Å². The van der Waals surface area contributed by atoms with Gasteiger partial charge in [-0.3, -0.25) is 0 Å². The largest absolute Gasteiger partial charge is 0.369 e. The number of piperazine rings is 1. The van der Waals surface area contributed by atoms with Gasteiger partial charge in [0.1, 0.15) is 6.73 Å². The van der Waals surface area contributed by atoms with Crippen LogP contribution in [0.1, 0.15) is 10.4 Å². The highest BCUT2D eigenvalue weighted by Crippen LogP contribution is 2.44. The molecule has 170 valence electrons. The molecule has 1 aliphatic carbocycles. The molecule has 0 spiro atoms. The second-order valence-electron chi connectivity index (χ2n) is 10.3. The van der Waals surface area contributed by atoms with Crippen LogP contribution in [-0.2, 0) is 17.9 Å². The molecule has 1 aliphatic heterocycles. The Labute approximate surface area is 196 Å². The van der Waals surface area contributed by atoms with E-state index in [-0.39, 0.29) is 0 Å². The Morgan fingerprint density at radius 1 is 1.03 bits per heavy atom. The van der Waals surface area contributed by atoms with Crippen LogP contribution < -0.4 is 4.90 Å². The Balaban J connectivity index is 1.38. The molecule has 1 saturated heterocycles. The van der Waals surface area contributed by atoms with Gasteiger partial charge in [0.2, 0.25) is 0 Å². The lowest BCUT2D eigenvalue weighted by atomic mass is 10.1. The third-order valence-corrected chi connectivity index (χ3v) is 9.23. The fourth-order valence-electron chi connectivity index (χ4n) is 4.57. The lowest BCUT2D eigenvalue weighted by Crippen LogP contribution is -2.44. The van der Waals surface area contributed by atoms with E-state index in [1.807, 2.05) is 11.3 Å². The number of hydrogen-bond donors (Lipinski definition) is 0. The van der Waals surface area contributed by atoms with Crippen LogP contribution in [0.2, 0.25) is 25.7 Å². The van der Waals surface area contributed by atoms with Crippen LogP contribution in [-0.4, -0.2) is 62.6 Å². The number of fused-ring (bicyclic) bond motifs is 3. The molecule has 1 aromatic carbocycles. The fraction of sp³-hybridized carbons (Fsp3) is 0.480. The van der Waals surface area contributed by atoms with Crippen molar-refractivity contribution in [3.05, 3.63) is 46.2 Å². The summed E-state index contributed by atoms with van der Waals surface area (Å²) in [5, 5.41) is 7.25. The van der Waals surface area contributed by atoms with Crippen molar-refractivity contribution in [1.29, 1.82) is 0 Å². The SMILES string of the molecule is CN1CCN(c2ccc(-c3nn(COCC[Si](C)(C)C)c4c3Cc3sccc3-4)cc2)CC1. The molecule has 7 heteroatoms. The Bertz CT molecular complexity index is 1070. The molecule has 0 bridgehead atoms. The summed E-state index contributed by atoms with van der Waals surface area (Å²) >= 11 is 1.85. The molecule has 2 aromatic heterocycles. The predicted octanol–water partition coefficient (Wildman–Crippen LogP) is 5.25. The van der Waals surface area contributed by atoms with E-state index in [0.29, 0.717) is 6.73 Å². The summed E-state index contributed by atoms with van der Waals surface area (Å²) < 4.78 is 8.20. The van der Waals surface area contributed by atoms with Crippen molar-refractivity contribution in [2.24, 2.45) is 0 Å². The van der Waals surface area contributed by atoms with Gasteiger partial charge in [0.05, 0.1) is 11.4 Å². The molecule has 5 rings (SSSR count). The molecule has 32 heavy (non-hydrogen) atoms. The average Bonchev–Trinajstić information content (AvgIpc) is 3.43. The molecule has 0 saturated carbocycles. The highest BCUT2D eigenvalue weighted by molar-refractivity contribution is 7.10. The van der Waals surface area contributed by atoms with Crippen molar-refractivity contribution < 1.29 is 4.74 Å². The van der Waals surface area contributed by atoms with Crippen molar-refractivity contribution in [1.82, 2.24) is 14.7 Å². The molecular weight excluding hydrogens is 432 g/mol. The highest BCUT2D eigenvalue weighted by atomic mass is 32.1. The molecule has 1 fully saturated rings. The van der Waals surface area contributed by atoms with E-state index in [4.69, 9.17) is 9.84 Å². The van der Waals surface area contributed by atoms with Crippen LogP contribution in [0.25, 0.3) is 22.5 Å². The van der Waals surface area contributed by atoms with E-state index in [9.17, 15) is 0 Å². The average molecular weight is 467 g/mol. The number of thiophene rings is 1. The first-order valence-corrected chi connectivity index (χ1v) is 16.3. The van der Waals surface area contributed by atoms with E-state index < -0.39 is 8.07 Å². The fourth-order valence-corrected chi connectivity index (χ4v) is 6.21. The van der Waals surface area contributed by atoms with Crippen molar-refractivity contribution >= 4 is 25.1 Å². The van der Waals surface area contributed by atoms with Crippen molar-refractivity contribution in [3.63, 3.8) is 0 Å². The van der Waals surface area contributed by atoms with Crippen LogP contribution >= 0.6 is 11.3 Å². The molecule has 5 nitrogen and oxygen atoms in total. The monoisotopic (exact) mass is 466 g/mol. The van der Waals surface area contributed by atoms with Gasteiger partial charge in [-0.25, -0.2) is 4.68 Å². The second kappa shape index (κ2) is 8.78. The molecule has 3 aromatic rings. The lowest BCUT2D eigenvalue weighted by molar-refractivity contribution is 0.0799. The summed E-state index contributed by atoms with van der Waals surface area (Å²) in [5.74, 6) is 0.